The van der Waals surface area contributed by atoms with Gasteiger partial charge in [0.15, 0.2) is 0 Å². The van der Waals surface area contributed by atoms with Gasteiger partial charge in [-0.2, -0.15) is 0 Å². The number of nitrogen functional groups attached to an aromatic ring is 1. The summed E-state index contributed by atoms with van der Waals surface area (Å²) in [5, 5.41) is 0. The molecule has 1 aromatic heterocycles. The van der Waals surface area contributed by atoms with Gasteiger partial charge in [0.1, 0.15) is 11.9 Å². The summed E-state index contributed by atoms with van der Waals surface area (Å²) < 4.78 is 9.04. The Kier molecular flexibility index (Phi) is 2.89. The van der Waals surface area contributed by atoms with Crippen LogP contribution in [0.5, 0.6) is 5.75 Å². The van der Waals surface area contributed by atoms with Crippen molar-refractivity contribution in [2.45, 2.75) is 19.1 Å². The van der Waals surface area contributed by atoms with Crippen molar-refractivity contribution in [1.82, 2.24) is 9.55 Å². The quantitative estimate of drug-likeness (QED) is 0.775. The molecule has 2 N–H and O–H groups in total. The Morgan fingerprint density at radius 2 is 2.14 bits per heavy atom. The number of nitrogens with two attached hydrogens (primary N) is 1. The molecule has 1 atom stereocenters. The molecule has 1 unspecified atom stereocenters. The highest BCUT2D eigenvalue weighted by molar-refractivity contribution is 9.10. The van der Waals surface area contributed by atoms with Crippen molar-refractivity contribution in [2.75, 3.05) is 5.73 Å². The maximum atomic E-state index is 6.07. The van der Waals surface area contributed by atoms with E-state index in [1.54, 1.807) is 0 Å². The standard InChI is InChI=1S/C16H14BrN3O/c17-11-5-6-13-14(8-11)20(16(18)19-13)9-12-7-10-3-1-2-4-15(10)21-12/h1-6,8,12H,7,9H2,(H2,18,19). The summed E-state index contributed by atoms with van der Waals surface area (Å²) in [6, 6.07) is 14.2. The first-order valence-corrected chi connectivity index (χ1v) is 7.66. The molecule has 0 fully saturated rings. The summed E-state index contributed by atoms with van der Waals surface area (Å²) in [5.74, 6) is 1.51. The molecule has 5 heteroatoms. The monoisotopic (exact) mass is 343 g/mol. The summed E-state index contributed by atoms with van der Waals surface area (Å²) in [6.07, 6.45) is 1.00. The zero-order valence-corrected chi connectivity index (χ0v) is 12.9. The fourth-order valence-corrected chi connectivity index (χ4v) is 3.21. The topological polar surface area (TPSA) is 53.1 Å². The molecule has 0 saturated carbocycles. The number of rotatable bonds is 2. The van der Waals surface area contributed by atoms with Gasteiger partial charge >= 0.3 is 0 Å². The number of fused-ring (bicyclic) bond motifs is 2. The Morgan fingerprint density at radius 3 is 3.00 bits per heavy atom. The summed E-state index contributed by atoms with van der Waals surface area (Å²) in [6.45, 7) is 0.702. The largest absolute Gasteiger partial charge is 0.488 e. The van der Waals surface area contributed by atoms with Crippen molar-refractivity contribution in [3.05, 3.63) is 52.5 Å². The summed E-state index contributed by atoms with van der Waals surface area (Å²) in [7, 11) is 0. The number of hydrogen-bond acceptors (Lipinski definition) is 3. The van der Waals surface area contributed by atoms with Crippen LogP contribution in [-0.4, -0.2) is 15.7 Å². The summed E-state index contributed by atoms with van der Waals surface area (Å²) >= 11 is 3.50. The van der Waals surface area contributed by atoms with E-state index in [-0.39, 0.29) is 6.10 Å². The second-order valence-electron chi connectivity index (χ2n) is 5.27. The highest BCUT2D eigenvalue weighted by atomic mass is 79.9. The lowest BCUT2D eigenvalue weighted by molar-refractivity contribution is 0.211. The molecule has 0 amide bonds. The Hall–Kier alpha value is -2.01. The molecule has 1 aliphatic heterocycles. The molecule has 2 aromatic carbocycles. The number of halogens is 1. The zero-order chi connectivity index (χ0) is 14.4. The second-order valence-corrected chi connectivity index (χ2v) is 6.18. The molecule has 4 rings (SSSR count). The van der Waals surface area contributed by atoms with Gasteiger partial charge in [0.25, 0.3) is 0 Å². The molecule has 0 saturated heterocycles. The van der Waals surface area contributed by atoms with Gasteiger partial charge in [0.05, 0.1) is 17.6 Å². The number of benzene rings is 2. The summed E-state index contributed by atoms with van der Waals surface area (Å²) in [4.78, 5) is 4.41. The molecule has 4 nitrogen and oxygen atoms in total. The van der Waals surface area contributed by atoms with Gasteiger partial charge in [-0.05, 0) is 29.8 Å². The van der Waals surface area contributed by atoms with Gasteiger partial charge in [-0.25, -0.2) is 4.98 Å². The lowest BCUT2D eigenvalue weighted by Crippen LogP contribution is -2.21. The third-order valence-electron chi connectivity index (χ3n) is 3.84. The maximum absolute atomic E-state index is 6.07. The molecular formula is C16H14BrN3O. The first kappa shape index (κ1) is 12.7. The minimum Gasteiger partial charge on any atom is -0.488 e. The van der Waals surface area contributed by atoms with Crippen LogP contribution in [0.15, 0.2) is 46.9 Å². The van der Waals surface area contributed by atoms with Crippen molar-refractivity contribution in [1.29, 1.82) is 0 Å². The van der Waals surface area contributed by atoms with Crippen LogP contribution >= 0.6 is 15.9 Å². The molecule has 2 heterocycles. The first-order valence-electron chi connectivity index (χ1n) is 6.86. The fraction of sp³-hybridized carbons (Fsp3) is 0.188. The average molecular weight is 344 g/mol. The normalized spacial score (nSPS) is 16.9. The molecule has 0 bridgehead atoms. The van der Waals surface area contributed by atoms with Crippen LogP contribution in [0.1, 0.15) is 5.56 Å². The molecule has 0 spiro atoms. The maximum Gasteiger partial charge on any atom is 0.201 e. The van der Waals surface area contributed by atoms with Crippen LogP contribution in [0.2, 0.25) is 0 Å². The van der Waals surface area contributed by atoms with Crippen LogP contribution < -0.4 is 10.5 Å². The highest BCUT2D eigenvalue weighted by Crippen LogP contribution is 2.30. The minimum absolute atomic E-state index is 0.0982. The number of anilines is 1. The second kappa shape index (κ2) is 4.77. The Bertz CT molecular complexity index is 803. The molecule has 0 radical (unpaired) electrons. The van der Waals surface area contributed by atoms with Gasteiger partial charge < -0.3 is 15.0 Å². The van der Waals surface area contributed by atoms with E-state index in [9.17, 15) is 0 Å². The number of para-hydroxylation sites is 1. The van der Waals surface area contributed by atoms with Crippen molar-refractivity contribution >= 4 is 32.9 Å². The van der Waals surface area contributed by atoms with Crippen molar-refractivity contribution in [3.63, 3.8) is 0 Å². The van der Waals surface area contributed by atoms with Gasteiger partial charge in [0.2, 0.25) is 5.95 Å². The number of aromatic nitrogens is 2. The number of nitrogens with zero attached hydrogens (tertiary/aromatic N) is 2. The zero-order valence-electron chi connectivity index (χ0n) is 11.3. The molecule has 3 aromatic rings. The minimum atomic E-state index is 0.0982. The lowest BCUT2D eigenvalue weighted by atomic mass is 10.1. The molecule has 1 aliphatic rings. The van der Waals surface area contributed by atoms with E-state index in [2.05, 4.69) is 27.0 Å². The molecule has 106 valence electrons. The Labute approximate surface area is 130 Å². The van der Waals surface area contributed by atoms with Crippen LogP contribution in [0, 0.1) is 0 Å². The predicted octanol–water partition coefficient (Wildman–Crippen LogP) is 3.38. The number of ether oxygens (including phenoxy) is 1. The van der Waals surface area contributed by atoms with E-state index >= 15 is 0 Å². The van der Waals surface area contributed by atoms with Gasteiger partial charge in [-0.3, -0.25) is 0 Å². The third-order valence-corrected chi connectivity index (χ3v) is 4.33. The molecular weight excluding hydrogens is 330 g/mol. The fourth-order valence-electron chi connectivity index (χ4n) is 2.87. The average Bonchev–Trinajstić information content (AvgIpc) is 3.01. The first-order chi connectivity index (χ1) is 10.2. The number of imidazole rings is 1. The third kappa shape index (κ3) is 2.17. The van der Waals surface area contributed by atoms with E-state index in [0.29, 0.717) is 12.5 Å². The van der Waals surface area contributed by atoms with Gasteiger partial charge in [-0.15, -0.1) is 0 Å². The SMILES string of the molecule is Nc1nc2ccc(Br)cc2n1CC1Cc2ccccc2O1. The predicted molar refractivity (Wildman–Crippen MR) is 86.4 cm³/mol. The van der Waals surface area contributed by atoms with Crippen LogP contribution in [-0.2, 0) is 13.0 Å². The lowest BCUT2D eigenvalue weighted by Gasteiger charge is -2.13. The van der Waals surface area contributed by atoms with E-state index in [4.69, 9.17) is 10.5 Å². The smallest absolute Gasteiger partial charge is 0.201 e. The van der Waals surface area contributed by atoms with Crippen LogP contribution in [0.3, 0.4) is 0 Å². The number of hydrogen-bond donors (Lipinski definition) is 1. The highest BCUT2D eigenvalue weighted by Gasteiger charge is 2.24. The van der Waals surface area contributed by atoms with Gasteiger partial charge in [-0.1, -0.05) is 34.1 Å². The van der Waals surface area contributed by atoms with Crippen molar-refractivity contribution < 1.29 is 4.74 Å². The molecule has 21 heavy (non-hydrogen) atoms. The van der Waals surface area contributed by atoms with Crippen molar-refractivity contribution in [2.24, 2.45) is 0 Å². The molecule has 0 aliphatic carbocycles. The summed E-state index contributed by atoms with van der Waals surface area (Å²) in [5.41, 5.74) is 9.26. The van der Waals surface area contributed by atoms with Crippen LogP contribution in [0.4, 0.5) is 5.95 Å². The van der Waals surface area contributed by atoms with E-state index in [1.165, 1.54) is 5.56 Å². The van der Waals surface area contributed by atoms with Gasteiger partial charge in [0, 0.05) is 10.9 Å². The van der Waals surface area contributed by atoms with Crippen molar-refractivity contribution in [3.8, 4) is 5.75 Å². The van der Waals surface area contributed by atoms with E-state index in [0.717, 1.165) is 27.7 Å². The Morgan fingerprint density at radius 1 is 1.29 bits per heavy atom. The Balaban J connectivity index is 1.67. The van der Waals surface area contributed by atoms with E-state index < -0.39 is 0 Å². The van der Waals surface area contributed by atoms with E-state index in [1.807, 2.05) is 41.0 Å². The van der Waals surface area contributed by atoms with Crippen LogP contribution in [0.25, 0.3) is 11.0 Å².